The maximum Gasteiger partial charge on any atom is 0.255 e. The first-order chi connectivity index (χ1) is 19.4. The van der Waals surface area contributed by atoms with Crippen LogP contribution in [-0.2, 0) is 4.74 Å². The van der Waals surface area contributed by atoms with Gasteiger partial charge < -0.3 is 29.9 Å². The van der Waals surface area contributed by atoms with Crippen LogP contribution in [0.3, 0.4) is 0 Å². The molecular formula is C30H32Cl2N4O4. The molecule has 1 unspecified atom stereocenters. The highest BCUT2D eigenvalue weighted by atomic mass is 35.5. The van der Waals surface area contributed by atoms with Crippen LogP contribution in [0.5, 0.6) is 5.75 Å². The molecule has 10 heteroatoms. The number of methoxy groups -OCH3 is 1. The molecule has 2 fully saturated rings. The zero-order valence-electron chi connectivity index (χ0n) is 22.3. The summed E-state index contributed by atoms with van der Waals surface area (Å²) in [5.74, 6) is 0.290. The molecule has 2 saturated heterocycles. The van der Waals surface area contributed by atoms with Crippen LogP contribution in [0.25, 0.3) is 0 Å². The first-order valence-corrected chi connectivity index (χ1v) is 14.1. The van der Waals surface area contributed by atoms with E-state index >= 15 is 0 Å². The van der Waals surface area contributed by atoms with E-state index in [1.165, 1.54) is 6.07 Å². The molecule has 2 N–H and O–H groups in total. The quantitative estimate of drug-likeness (QED) is 0.365. The average Bonchev–Trinajstić information content (AvgIpc) is 3.51. The number of piperazine rings is 1. The Balaban J connectivity index is 1.35. The van der Waals surface area contributed by atoms with E-state index in [9.17, 15) is 9.59 Å². The van der Waals surface area contributed by atoms with Crippen molar-refractivity contribution in [1.82, 2.24) is 5.32 Å². The fourth-order valence-electron chi connectivity index (χ4n) is 5.10. The first kappa shape index (κ1) is 28.1. The molecule has 40 heavy (non-hydrogen) atoms. The number of hydrogen-bond donors (Lipinski definition) is 2. The third-order valence-electron chi connectivity index (χ3n) is 7.24. The average molecular weight is 584 g/mol. The Morgan fingerprint density at radius 2 is 1.68 bits per heavy atom. The Morgan fingerprint density at radius 1 is 0.925 bits per heavy atom. The molecule has 2 aliphatic rings. The van der Waals surface area contributed by atoms with Gasteiger partial charge >= 0.3 is 0 Å². The summed E-state index contributed by atoms with van der Waals surface area (Å²) in [7, 11) is 1.68. The van der Waals surface area contributed by atoms with Crippen molar-refractivity contribution in [2.24, 2.45) is 0 Å². The van der Waals surface area contributed by atoms with Gasteiger partial charge in [0.15, 0.2) is 0 Å². The molecule has 0 spiro atoms. The number of nitrogens with one attached hydrogen (secondary N) is 2. The van der Waals surface area contributed by atoms with Gasteiger partial charge in [-0.15, -0.1) is 0 Å². The minimum absolute atomic E-state index is 0.0225. The Labute approximate surface area is 244 Å². The lowest BCUT2D eigenvalue weighted by atomic mass is 10.1. The molecule has 2 heterocycles. The van der Waals surface area contributed by atoms with Gasteiger partial charge in [-0.3, -0.25) is 9.59 Å². The number of hydrogen-bond acceptors (Lipinski definition) is 6. The van der Waals surface area contributed by atoms with E-state index in [0.717, 1.165) is 62.8 Å². The number of para-hydroxylation sites is 2. The van der Waals surface area contributed by atoms with Crippen molar-refractivity contribution in [3.8, 4) is 5.75 Å². The smallest absolute Gasteiger partial charge is 0.255 e. The molecule has 0 aromatic heterocycles. The summed E-state index contributed by atoms with van der Waals surface area (Å²) in [5.41, 5.74) is 3.25. The summed E-state index contributed by atoms with van der Waals surface area (Å²) >= 11 is 12.1. The third-order valence-corrected chi connectivity index (χ3v) is 7.98. The SMILES string of the molecule is COc1ccccc1N1CCN(c2ccc(NC(=O)c3ccc(Cl)c(Cl)c3)cc2C(=O)NCC2CCCO2)CC1. The Hall–Kier alpha value is -3.46. The number of ether oxygens (including phenoxy) is 2. The molecular weight excluding hydrogens is 551 g/mol. The van der Waals surface area contributed by atoms with Crippen molar-refractivity contribution in [2.75, 3.05) is 61.6 Å². The standard InChI is InChI=1S/C30H32Cl2N4O4/c1-39-28-7-3-2-6-27(28)36-14-12-35(13-15-36)26-11-9-21(34-29(37)20-8-10-24(31)25(32)17-20)18-23(26)30(38)33-19-22-5-4-16-40-22/h2-3,6-11,17-18,22H,4-5,12-16,19H2,1H3,(H,33,38)(H,34,37). The Bertz CT molecular complexity index is 1370. The number of carbonyl (C=O) groups excluding carboxylic acids is 2. The molecule has 0 bridgehead atoms. The van der Waals surface area contributed by atoms with Crippen LogP contribution in [0.2, 0.25) is 10.0 Å². The van der Waals surface area contributed by atoms with Crippen LogP contribution in [-0.4, -0.2) is 64.4 Å². The van der Waals surface area contributed by atoms with Gasteiger partial charge in [0.2, 0.25) is 0 Å². The van der Waals surface area contributed by atoms with Crippen molar-refractivity contribution in [1.29, 1.82) is 0 Å². The van der Waals surface area contributed by atoms with Crippen molar-refractivity contribution < 1.29 is 19.1 Å². The van der Waals surface area contributed by atoms with E-state index in [0.29, 0.717) is 33.4 Å². The lowest BCUT2D eigenvalue weighted by Crippen LogP contribution is -2.47. The monoisotopic (exact) mass is 582 g/mol. The minimum Gasteiger partial charge on any atom is -0.495 e. The number of nitrogens with zero attached hydrogens (tertiary/aromatic N) is 2. The normalized spacial score (nSPS) is 17.0. The van der Waals surface area contributed by atoms with Crippen molar-refractivity contribution in [2.45, 2.75) is 18.9 Å². The zero-order chi connectivity index (χ0) is 28.1. The second kappa shape index (κ2) is 12.8. The predicted molar refractivity (Wildman–Crippen MR) is 160 cm³/mol. The molecule has 0 radical (unpaired) electrons. The highest BCUT2D eigenvalue weighted by Crippen LogP contribution is 2.31. The first-order valence-electron chi connectivity index (χ1n) is 13.4. The number of carbonyl (C=O) groups is 2. The van der Waals surface area contributed by atoms with Gasteiger partial charge in [0, 0.05) is 56.3 Å². The fraction of sp³-hybridized carbons (Fsp3) is 0.333. The third kappa shape index (κ3) is 6.46. The zero-order valence-corrected chi connectivity index (χ0v) is 23.8. The van der Waals surface area contributed by atoms with Gasteiger partial charge in [0.25, 0.3) is 11.8 Å². The largest absolute Gasteiger partial charge is 0.495 e. The van der Waals surface area contributed by atoms with E-state index in [1.54, 1.807) is 25.3 Å². The maximum atomic E-state index is 13.5. The summed E-state index contributed by atoms with van der Waals surface area (Å²) in [5, 5.41) is 6.59. The minimum atomic E-state index is -0.345. The molecule has 3 aromatic carbocycles. The van der Waals surface area contributed by atoms with Gasteiger partial charge in [-0.1, -0.05) is 35.3 Å². The molecule has 5 rings (SSSR count). The maximum absolute atomic E-state index is 13.5. The topological polar surface area (TPSA) is 83.1 Å². The lowest BCUT2D eigenvalue weighted by molar-refractivity contribution is 0.0858. The summed E-state index contributed by atoms with van der Waals surface area (Å²) in [6.45, 7) is 4.15. The summed E-state index contributed by atoms with van der Waals surface area (Å²) in [6, 6.07) is 18.1. The van der Waals surface area contributed by atoms with E-state index in [4.69, 9.17) is 32.7 Å². The number of amides is 2. The fourth-order valence-corrected chi connectivity index (χ4v) is 5.40. The van der Waals surface area contributed by atoms with Gasteiger partial charge in [-0.2, -0.15) is 0 Å². The van der Waals surface area contributed by atoms with Gasteiger partial charge in [0.05, 0.1) is 34.5 Å². The molecule has 0 saturated carbocycles. The number of halogens is 2. The van der Waals surface area contributed by atoms with E-state index in [1.807, 2.05) is 30.3 Å². The Morgan fingerprint density at radius 3 is 2.38 bits per heavy atom. The van der Waals surface area contributed by atoms with Crippen LogP contribution in [0, 0.1) is 0 Å². The predicted octanol–water partition coefficient (Wildman–Crippen LogP) is 5.49. The van der Waals surface area contributed by atoms with Crippen LogP contribution in [0.1, 0.15) is 33.6 Å². The van der Waals surface area contributed by atoms with Crippen LogP contribution in [0.4, 0.5) is 17.1 Å². The number of benzene rings is 3. The summed E-state index contributed by atoms with van der Waals surface area (Å²) in [4.78, 5) is 30.9. The molecule has 1 atom stereocenters. The van der Waals surface area contributed by atoms with Gasteiger partial charge in [0.1, 0.15) is 5.75 Å². The van der Waals surface area contributed by atoms with E-state index in [2.05, 4.69) is 26.5 Å². The molecule has 0 aliphatic carbocycles. The van der Waals surface area contributed by atoms with Gasteiger partial charge in [-0.25, -0.2) is 0 Å². The second-order valence-electron chi connectivity index (χ2n) is 9.81. The van der Waals surface area contributed by atoms with Crippen LogP contribution >= 0.6 is 23.2 Å². The molecule has 2 amide bonds. The highest BCUT2D eigenvalue weighted by Gasteiger charge is 2.25. The molecule has 3 aromatic rings. The van der Waals surface area contributed by atoms with Crippen LogP contribution < -0.4 is 25.2 Å². The van der Waals surface area contributed by atoms with Crippen LogP contribution in [0.15, 0.2) is 60.7 Å². The Kier molecular flexibility index (Phi) is 8.99. The van der Waals surface area contributed by atoms with Crippen molar-refractivity contribution in [3.05, 3.63) is 81.8 Å². The van der Waals surface area contributed by atoms with Crippen molar-refractivity contribution >= 4 is 52.1 Å². The number of anilines is 3. The second-order valence-corrected chi connectivity index (χ2v) is 10.6. The molecule has 210 valence electrons. The van der Waals surface area contributed by atoms with E-state index < -0.39 is 0 Å². The summed E-state index contributed by atoms with van der Waals surface area (Å²) in [6.07, 6.45) is 1.95. The number of rotatable bonds is 8. The lowest BCUT2D eigenvalue weighted by Gasteiger charge is -2.38. The molecule has 8 nitrogen and oxygen atoms in total. The summed E-state index contributed by atoms with van der Waals surface area (Å²) < 4.78 is 11.2. The van der Waals surface area contributed by atoms with E-state index in [-0.39, 0.29) is 17.9 Å². The molecule has 2 aliphatic heterocycles. The van der Waals surface area contributed by atoms with Crippen molar-refractivity contribution in [3.63, 3.8) is 0 Å². The van der Waals surface area contributed by atoms with Gasteiger partial charge in [-0.05, 0) is 61.4 Å². The highest BCUT2D eigenvalue weighted by molar-refractivity contribution is 6.42.